The average molecular weight is 364 g/mol. The number of rotatable bonds is 4. The van der Waals surface area contributed by atoms with Gasteiger partial charge in [0.1, 0.15) is 11.3 Å². The van der Waals surface area contributed by atoms with Crippen LogP contribution in [0.1, 0.15) is 5.56 Å². The van der Waals surface area contributed by atoms with Gasteiger partial charge in [-0.25, -0.2) is 4.98 Å². The number of fused-ring (bicyclic) bond motifs is 2. The Hall–Kier alpha value is -2.44. The highest BCUT2D eigenvalue weighted by Gasteiger charge is 2.20. The van der Waals surface area contributed by atoms with Crippen molar-refractivity contribution in [3.05, 3.63) is 54.4 Å². The molecule has 4 aromatic rings. The van der Waals surface area contributed by atoms with Crippen molar-refractivity contribution >= 4 is 38.5 Å². The lowest BCUT2D eigenvalue weighted by Crippen LogP contribution is -2.47. The summed E-state index contributed by atoms with van der Waals surface area (Å²) in [6, 6.07) is 14.8. The van der Waals surface area contributed by atoms with E-state index in [1.165, 1.54) is 22.0 Å². The molecular weight excluding hydrogens is 344 g/mol. The average Bonchev–Trinajstić information content (AvgIpc) is 3.33. The fourth-order valence-electron chi connectivity index (χ4n) is 3.63. The molecule has 1 saturated heterocycles. The Labute approximate surface area is 156 Å². The van der Waals surface area contributed by atoms with Gasteiger partial charge in [-0.3, -0.25) is 4.90 Å². The second-order valence-electron chi connectivity index (χ2n) is 6.74. The maximum atomic E-state index is 5.40. The SMILES string of the molecule is c1ccc2c(N3CCN(CCc4ccc5ncoc5c4)CC3)nsc2c1. The second-order valence-corrected chi connectivity index (χ2v) is 7.54. The van der Waals surface area contributed by atoms with Crippen LogP contribution in [0.15, 0.2) is 53.3 Å². The molecule has 0 bridgehead atoms. The van der Waals surface area contributed by atoms with Crippen LogP contribution in [0.3, 0.4) is 0 Å². The van der Waals surface area contributed by atoms with E-state index in [1.54, 1.807) is 11.5 Å². The van der Waals surface area contributed by atoms with Gasteiger partial charge in [0.05, 0.1) is 4.70 Å². The van der Waals surface area contributed by atoms with Crippen LogP contribution >= 0.6 is 11.5 Å². The fraction of sp³-hybridized carbons (Fsp3) is 0.300. The summed E-state index contributed by atoms with van der Waals surface area (Å²) in [5.41, 5.74) is 3.11. The van der Waals surface area contributed by atoms with Gasteiger partial charge in [0.25, 0.3) is 0 Å². The zero-order valence-electron chi connectivity index (χ0n) is 14.5. The van der Waals surface area contributed by atoms with Gasteiger partial charge in [-0.05, 0) is 47.8 Å². The molecule has 0 saturated carbocycles. The minimum atomic E-state index is 0.878. The Balaban J connectivity index is 1.20. The summed E-state index contributed by atoms with van der Waals surface area (Å²) < 4.78 is 11.4. The first-order chi connectivity index (χ1) is 12.9. The monoisotopic (exact) mass is 364 g/mol. The molecule has 2 aromatic heterocycles. The summed E-state index contributed by atoms with van der Waals surface area (Å²) in [7, 11) is 0. The third-order valence-corrected chi connectivity index (χ3v) is 5.96. The minimum Gasteiger partial charge on any atom is -0.443 e. The van der Waals surface area contributed by atoms with Crippen LogP contribution in [0.2, 0.25) is 0 Å². The van der Waals surface area contributed by atoms with Gasteiger partial charge in [-0.15, -0.1) is 0 Å². The molecule has 0 amide bonds. The third-order valence-electron chi connectivity index (χ3n) is 5.14. The first kappa shape index (κ1) is 15.8. The molecule has 3 heterocycles. The molecule has 2 aromatic carbocycles. The zero-order chi connectivity index (χ0) is 17.3. The van der Waals surface area contributed by atoms with Crippen LogP contribution in [0, 0.1) is 0 Å². The Bertz CT molecular complexity index is 1030. The summed E-state index contributed by atoms with van der Waals surface area (Å²) in [5, 5.41) is 1.28. The summed E-state index contributed by atoms with van der Waals surface area (Å²) in [4.78, 5) is 9.14. The standard InChI is InChI=1S/C20H20N4OS/c1-2-4-19-16(3-1)20(22-26-19)24-11-9-23(10-12-24)8-7-15-5-6-17-18(13-15)25-14-21-17/h1-6,13-14H,7-12H2. The number of anilines is 1. The van der Waals surface area contributed by atoms with Crippen LogP contribution in [0.5, 0.6) is 0 Å². The van der Waals surface area contributed by atoms with Gasteiger partial charge in [-0.1, -0.05) is 18.2 Å². The predicted octanol–water partition coefficient (Wildman–Crippen LogP) is 3.80. The van der Waals surface area contributed by atoms with E-state index in [4.69, 9.17) is 8.79 Å². The molecule has 0 radical (unpaired) electrons. The molecule has 132 valence electrons. The van der Waals surface area contributed by atoms with E-state index in [2.05, 4.69) is 51.2 Å². The summed E-state index contributed by atoms with van der Waals surface area (Å²) in [6.45, 7) is 5.31. The summed E-state index contributed by atoms with van der Waals surface area (Å²) in [5.74, 6) is 1.15. The minimum absolute atomic E-state index is 0.878. The number of hydrogen-bond donors (Lipinski definition) is 0. The van der Waals surface area contributed by atoms with Gasteiger partial charge >= 0.3 is 0 Å². The smallest absolute Gasteiger partial charge is 0.181 e. The molecule has 26 heavy (non-hydrogen) atoms. The van der Waals surface area contributed by atoms with Gasteiger partial charge in [0, 0.05) is 38.1 Å². The van der Waals surface area contributed by atoms with Gasteiger partial charge < -0.3 is 9.32 Å². The zero-order valence-corrected chi connectivity index (χ0v) is 15.3. The molecular formula is C20H20N4OS. The van der Waals surface area contributed by atoms with Crippen molar-refractivity contribution in [2.24, 2.45) is 0 Å². The molecule has 0 aliphatic carbocycles. The first-order valence-corrected chi connectivity index (χ1v) is 9.78. The highest BCUT2D eigenvalue weighted by atomic mass is 32.1. The van der Waals surface area contributed by atoms with E-state index in [1.807, 2.05) is 6.07 Å². The van der Waals surface area contributed by atoms with Gasteiger partial charge in [-0.2, -0.15) is 4.37 Å². The highest BCUT2D eigenvalue weighted by molar-refractivity contribution is 7.13. The number of piperazine rings is 1. The van der Waals surface area contributed by atoms with E-state index in [0.29, 0.717) is 0 Å². The molecule has 0 N–H and O–H groups in total. The van der Waals surface area contributed by atoms with Gasteiger partial charge in [0.15, 0.2) is 12.0 Å². The number of hydrogen-bond acceptors (Lipinski definition) is 6. The quantitative estimate of drug-likeness (QED) is 0.551. The summed E-state index contributed by atoms with van der Waals surface area (Å²) in [6.07, 6.45) is 2.55. The van der Waals surface area contributed by atoms with Crippen molar-refractivity contribution in [2.45, 2.75) is 6.42 Å². The lowest BCUT2D eigenvalue weighted by Gasteiger charge is -2.35. The highest BCUT2D eigenvalue weighted by Crippen LogP contribution is 2.29. The normalized spacial score (nSPS) is 15.9. The van der Waals surface area contributed by atoms with E-state index >= 15 is 0 Å². The van der Waals surface area contributed by atoms with Crippen molar-refractivity contribution in [2.75, 3.05) is 37.6 Å². The van der Waals surface area contributed by atoms with Gasteiger partial charge in [0.2, 0.25) is 0 Å². The van der Waals surface area contributed by atoms with Crippen LogP contribution < -0.4 is 4.90 Å². The second kappa shape index (κ2) is 6.70. The number of benzene rings is 2. The Morgan fingerprint density at radius 1 is 1.04 bits per heavy atom. The molecule has 5 rings (SSSR count). The largest absolute Gasteiger partial charge is 0.443 e. The first-order valence-electron chi connectivity index (χ1n) is 9.01. The maximum absolute atomic E-state index is 5.40. The van der Waals surface area contributed by atoms with E-state index in [9.17, 15) is 0 Å². The topological polar surface area (TPSA) is 45.4 Å². The Morgan fingerprint density at radius 2 is 1.92 bits per heavy atom. The van der Waals surface area contributed by atoms with Crippen molar-refractivity contribution < 1.29 is 4.42 Å². The van der Waals surface area contributed by atoms with E-state index < -0.39 is 0 Å². The maximum Gasteiger partial charge on any atom is 0.181 e. The molecule has 5 nitrogen and oxygen atoms in total. The van der Waals surface area contributed by atoms with Crippen molar-refractivity contribution in [3.63, 3.8) is 0 Å². The Morgan fingerprint density at radius 3 is 2.85 bits per heavy atom. The summed E-state index contributed by atoms with van der Waals surface area (Å²) >= 11 is 1.60. The number of aromatic nitrogens is 2. The molecule has 1 aliphatic rings. The molecule has 6 heteroatoms. The number of nitrogens with zero attached hydrogens (tertiary/aromatic N) is 4. The molecule has 1 fully saturated rings. The van der Waals surface area contributed by atoms with Crippen LogP contribution in [0.25, 0.3) is 21.2 Å². The molecule has 0 atom stereocenters. The fourth-order valence-corrected chi connectivity index (χ4v) is 4.42. The lowest BCUT2D eigenvalue weighted by molar-refractivity contribution is 0.261. The van der Waals surface area contributed by atoms with E-state index in [-0.39, 0.29) is 0 Å². The van der Waals surface area contributed by atoms with Crippen LogP contribution in [-0.4, -0.2) is 47.0 Å². The number of oxazole rings is 1. The van der Waals surface area contributed by atoms with Crippen LogP contribution in [-0.2, 0) is 6.42 Å². The van der Waals surface area contributed by atoms with Crippen molar-refractivity contribution in [1.29, 1.82) is 0 Å². The molecule has 1 aliphatic heterocycles. The molecule has 0 spiro atoms. The lowest BCUT2D eigenvalue weighted by atomic mass is 10.1. The Kier molecular flexibility index (Phi) is 4.07. The molecule has 0 unspecified atom stereocenters. The predicted molar refractivity (Wildman–Crippen MR) is 106 cm³/mol. The third kappa shape index (κ3) is 2.95. The van der Waals surface area contributed by atoms with Crippen molar-refractivity contribution in [3.8, 4) is 0 Å². The van der Waals surface area contributed by atoms with Crippen LogP contribution in [0.4, 0.5) is 5.82 Å². The van der Waals surface area contributed by atoms with E-state index in [0.717, 1.165) is 56.1 Å². The van der Waals surface area contributed by atoms with Crippen molar-refractivity contribution in [1.82, 2.24) is 14.3 Å².